The van der Waals surface area contributed by atoms with Gasteiger partial charge in [0.1, 0.15) is 11.6 Å². The number of anilines is 1. The molecule has 27 heavy (non-hydrogen) atoms. The molecule has 3 rings (SSSR count). The lowest BCUT2D eigenvalue weighted by Crippen LogP contribution is -2.52. The molecule has 0 saturated carbocycles. The molecular formula is C21H29N5O. The van der Waals surface area contributed by atoms with Gasteiger partial charge in [0.25, 0.3) is 0 Å². The van der Waals surface area contributed by atoms with Crippen molar-refractivity contribution in [2.24, 2.45) is 4.99 Å². The highest BCUT2D eigenvalue weighted by atomic mass is 16.5. The fourth-order valence-electron chi connectivity index (χ4n) is 3.19. The lowest BCUT2D eigenvalue weighted by atomic mass is 10.2. The first-order chi connectivity index (χ1) is 13.3. The van der Waals surface area contributed by atoms with Gasteiger partial charge in [-0.05, 0) is 37.1 Å². The highest BCUT2D eigenvalue weighted by Gasteiger charge is 2.20. The molecule has 1 aromatic heterocycles. The van der Waals surface area contributed by atoms with Crippen LogP contribution in [0.1, 0.15) is 12.0 Å². The maximum Gasteiger partial charge on any atom is 0.193 e. The Hall–Kier alpha value is -2.76. The summed E-state index contributed by atoms with van der Waals surface area (Å²) in [4.78, 5) is 13.5. The zero-order valence-electron chi connectivity index (χ0n) is 16.3. The van der Waals surface area contributed by atoms with E-state index in [9.17, 15) is 0 Å². The van der Waals surface area contributed by atoms with E-state index in [2.05, 4.69) is 44.1 Å². The quantitative estimate of drug-likeness (QED) is 0.483. The highest BCUT2D eigenvalue weighted by molar-refractivity contribution is 5.80. The van der Waals surface area contributed by atoms with Crippen molar-refractivity contribution >= 4 is 11.8 Å². The molecule has 6 nitrogen and oxygen atoms in total. The van der Waals surface area contributed by atoms with E-state index in [1.165, 1.54) is 5.56 Å². The van der Waals surface area contributed by atoms with Crippen LogP contribution in [0.2, 0.25) is 0 Å². The molecule has 1 aliphatic rings. The number of piperazine rings is 1. The van der Waals surface area contributed by atoms with Gasteiger partial charge in [0.05, 0.1) is 6.61 Å². The average Bonchev–Trinajstić information content (AvgIpc) is 2.73. The molecule has 0 amide bonds. The van der Waals surface area contributed by atoms with Crippen LogP contribution in [0.5, 0.6) is 5.75 Å². The Bertz CT molecular complexity index is 726. The molecule has 6 heteroatoms. The number of nitrogens with one attached hydrogen (secondary N) is 1. The molecule has 0 unspecified atom stereocenters. The Labute approximate surface area is 161 Å². The van der Waals surface area contributed by atoms with Gasteiger partial charge in [-0.3, -0.25) is 4.99 Å². The van der Waals surface area contributed by atoms with Gasteiger partial charge in [-0.25, -0.2) is 4.98 Å². The monoisotopic (exact) mass is 367 g/mol. The molecular weight excluding hydrogens is 338 g/mol. The van der Waals surface area contributed by atoms with Gasteiger partial charge in [0.15, 0.2) is 5.96 Å². The summed E-state index contributed by atoms with van der Waals surface area (Å²) < 4.78 is 5.85. The maximum atomic E-state index is 5.85. The Balaban J connectivity index is 1.38. The number of nitrogens with zero attached hydrogens (tertiary/aromatic N) is 4. The number of rotatable bonds is 6. The molecule has 0 radical (unpaired) electrons. The molecule has 1 aliphatic heterocycles. The number of hydrogen-bond donors (Lipinski definition) is 1. The summed E-state index contributed by atoms with van der Waals surface area (Å²) in [6.45, 7) is 7.40. The Morgan fingerprint density at radius 2 is 1.89 bits per heavy atom. The van der Waals surface area contributed by atoms with Crippen molar-refractivity contribution in [3.63, 3.8) is 0 Å². The van der Waals surface area contributed by atoms with Crippen molar-refractivity contribution < 1.29 is 4.74 Å². The van der Waals surface area contributed by atoms with Crippen LogP contribution in [-0.4, -0.2) is 62.2 Å². The minimum absolute atomic E-state index is 0.697. The first kappa shape index (κ1) is 19.0. The summed E-state index contributed by atoms with van der Waals surface area (Å²) in [5.41, 5.74) is 1.17. The van der Waals surface area contributed by atoms with Crippen LogP contribution in [0.25, 0.3) is 0 Å². The van der Waals surface area contributed by atoms with E-state index >= 15 is 0 Å². The maximum absolute atomic E-state index is 5.85. The molecule has 2 aromatic rings. The lowest BCUT2D eigenvalue weighted by Gasteiger charge is -2.37. The highest BCUT2D eigenvalue weighted by Crippen LogP contribution is 2.16. The summed E-state index contributed by atoms with van der Waals surface area (Å²) in [6, 6.07) is 14.2. The zero-order chi connectivity index (χ0) is 18.9. The average molecular weight is 367 g/mol. The van der Waals surface area contributed by atoms with E-state index in [-0.39, 0.29) is 0 Å². The number of aryl methyl sites for hydroxylation is 1. The minimum atomic E-state index is 0.697. The predicted octanol–water partition coefficient (Wildman–Crippen LogP) is 2.56. The topological polar surface area (TPSA) is 53.0 Å². The largest absolute Gasteiger partial charge is 0.493 e. The Kier molecular flexibility index (Phi) is 6.90. The molecule has 2 heterocycles. The first-order valence-corrected chi connectivity index (χ1v) is 9.58. The fourth-order valence-corrected chi connectivity index (χ4v) is 3.19. The van der Waals surface area contributed by atoms with Gasteiger partial charge in [0, 0.05) is 46.0 Å². The standard InChI is InChI=1S/C21H29N5O/c1-18-8-3-4-9-19(18)27-17-7-12-24-21(22-2)26-15-13-25(14-16-26)20-10-5-6-11-23-20/h3-6,8-11H,7,12-17H2,1-2H3,(H,22,24). The summed E-state index contributed by atoms with van der Waals surface area (Å²) in [5.74, 6) is 2.98. The van der Waals surface area contributed by atoms with Crippen LogP contribution in [0.4, 0.5) is 5.82 Å². The van der Waals surface area contributed by atoms with E-state index in [0.717, 1.165) is 56.7 Å². The number of benzene rings is 1. The Morgan fingerprint density at radius 1 is 1.11 bits per heavy atom. The fraction of sp³-hybridized carbons (Fsp3) is 0.429. The molecule has 1 aromatic carbocycles. The number of pyridine rings is 1. The van der Waals surface area contributed by atoms with E-state index in [4.69, 9.17) is 4.74 Å². The van der Waals surface area contributed by atoms with E-state index in [1.807, 2.05) is 43.6 Å². The summed E-state index contributed by atoms with van der Waals surface area (Å²) in [7, 11) is 1.84. The zero-order valence-corrected chi connectivity index (χ0v) is 16.3. The van der Waals surface area contributed by atoms with E-state index in [0.29, 0.717) is 6.61 Å². The molecule has 1 saturated heterocycles. The number of guanidine groups is 1. The van der Waals surface area contributed by atoms with E-state index < -0.39 is 0 Å². The molecule has 1 fully saturated rings. The van der Waals surface area contributed by atoms with Crippen molar-refractivity contribution in [2.75, 3.05) is 51.3 Å². The Morgan fingerprint density at radius 3 is 2.59 bits per heavy atom. The predicted molar refractivity (Wildman–Crippen MR) is 111 cm³/mol. The van der Waals surface area contributed by atoms with Gasteiger partial charge in [0.2, 0.25) is 0 Å². The van der Waals surface area contributed by atoms with E-state index in [1.54, 1.807) is 0 Å². The summed E-state index contributed by atoms with van der Waals surface area (Å²) in [5, 5.41) is 3.46. The third-order valence-electron chi connectivity index (χ3n) is 4.72. The van der Waals surface area contributed by atoms with Gasteiger partial charge >= 0.3 is 0 Å². The van der Waals surface area contributed by atoms with Crippen LogP contribution >= 0.6 is 0 Å². The van der Waals surface area contributed by atoms with Crippen molar-refractivity contribution in [1.82, 2.24) is 15.2 Å². The molecule has 0 spiro atoms. The van der Waals surface area contributed by atoms with Crippen molar-refractivity contribution in [2.45, 2.75) is 13.3 Å². The number of para-hydroxylation sites is 1. The number of ether oxygens (including phenoxy) is 1. The summed E-state index contributed by atoms with van der Waals surface area (Å²) >= 11 is 0. The van der Waals surface area contributed by atoms with Crippen LogP contribution < -0.4 is 15.0 Å². The normalized spacial score (nSPS) is 15.0. The number of aliphatic imine (C=N–C) groups is 1. The van der Waals surface area contributed by atoms with Crippen molar-refractivity contribution in [3.05, 3.63) is 54.2 Å². The van der Waals surface area contributed by atoms with Crippen LogP contribution in [0.3, 0.4) is 0 Å². The van der Waals surface area contributed by atoms with Gasteiger partial charge in [-0.2, -0.15) is 0 Å². The molecule has 0 bridgehead atoms. The second-order valence-corrected chi connectivity index (χ2v) is 6.60. The smallest absolute Gasteiger partial charge is 0.193 e. The van der Waals surface area contributed by atoms with Gasteiger partial charge in [-0.15, -0.1) is 0 Å². The molecule has 0 aliphatic carbocycles. The second-order valence-electron chi connectivity index (χ2n) is 6.60. The third kappa shape index (κ3) is 5.36. The minimum Gasteiger partial charge on any atom is -0.493 e. The number of hydrogen-bond acceptors (Lipinski definition) is 4. The molecule has 1 N–H and O–H groups in total. The second kappa shape index (κ2) is 9.80. The first-order valence-electron chi connectivity index (χ1n) is 9.58. The van der Waals surface area contributed by atoms with Gasteiger partial charge in [-0.1, -0.05) is 24.3 Å². The molecule has 144 valence electrons. The van der Waals surface area contributed by atoms with Crippen LogP contribution in [-0.2, 0) is 0 Å². The SMILES string of the molecule is CN=C(NCCCOc1ccccc1C)N1CCN(c2ccccn2)CC1. The number of aromatic nitrogens is 1. The molecule has 0 atom stereocenters. The van der Waals surface area contributed by atoms with Gasteiger partial charge < -0.3 is 19.9 Å². The van der Waals surface area contributed by atoms with Crippen molar-refractivity contribution in [1.29, 1.82) is 0 Å². The summed E-state index contributed by atoms with van der Waals surface area (Å²) in [6.07, 6.45) is 2.78. The van der Waals surface area contributed by atoms with Crippen LogP contribution in [0, 0.1) is 6.92 Å². The lowest BCUT2D eigenvalue weighted by molar-refractivity contribution is 0.307. The third-order valence-corrected chi connectivity index (χ3v) is 4.72. The van der Waals surface area contributed by atoms with Crippen molar-refractivity contribution in [3.8, 4) is 5.75 Å². The van der Waals surface area contributed by atoms with Crippen LogP contribution in [0.15, 0.2) is 53.7 Å².